The average Bonchev–Trinajstić information content (AvgIpc) is 2.42. The second kappa shape index (κ2) is 5.70. The second-order valence-electron chi connectivity index (χ2n) is 4.38. The number of rotatable bonds is 2. The highest BCUT2D eigenvalue weighted by molar-refractivity contribution is 6.39. The fourth-order valence-electron chi connectivity index (χ4n) is 2.25. The first-order valence-electron chi connectivity index (χ1n) is 6.14. The fraction of sp³-hybridized carbons (Fsp3) is 0.200. The van der Waals surface area contributed by atoms with Crippen molar-refractivity contribution in [2.45, 2.75) is 20.3 Å². The molecular weight excluding hydrogens is 293 g/mol. The Morgan fingerprint density at radius 2 is 1.85 bits per heavy atom. The van der Waals surface area contributed by atoms with Crippen molar-refractivity contribution >= 4 is 29.0 Å². The molecule has 0 aliphatic heterocycles. The molecule has 0 amide bonds. The van der Waals surface area contributed by atoms with Gasteiger partial charge in [-0.05, 0) is 31.0 Å². The van der Waals surface area contributed by atoms with E-state index in [1.54, 1.807) is 18.2 Å². The van der Waals surface area contributed by atoms with Crippen molar-refractivity contribution in [3.05, 3.63) is 45.1 Å². The van der Waals surface area contributed by atoms with Crippen LogP contribution in [0, 0.1) is 18.3 Å². The zero-order valence-electron chi connectivity index (χ0n) is 11.2. The molecule has 0 aliphatic rings. The molecule has 0 bridgehead atoms. The van der Waals surface area contributed by atoms with Crippen molar-refractivity contribution in [1.29, 1.82) is 5.26 Å². The van der Waals surface area contributed by atoms with E-state index in [2.05, 4.69) is 11.1 Å². The Morgan fingerprint density at radius 1 is 1.25 bits per heavy atom. The van der Waals surface area contributed by atoms with Gasteiger partial charge >= 0.3 is 0 Å². The topological polar surface area (TPSA) is 62.7 Å². The highest BCUT2D eigenvalue weighted by Gasteiger charge is 2.20. The van der Waals surface area contributed by atoms with E-state index in [-0.39, 0.29) is 5.82 Å². The standard InChI is InChI=1S/C15H13Cl2N3/c1-3-12-8(2)13(9(7-18)15(19)20-12)14-10(16)5-4-6-11(14)17/h4-6H,3H2,1-2H3,(H2,19,20). The monoisotopic (exact) mass is 305 g/mol. The normalized spacial score (nSPS) is 10.3. The zero-order valence-corrected chi connectivity index (χ0v) is 12.7. The van der Waals surface area contributed by atoms with Crippen LogP contribution in [0.2, 0.25) is 10.0 Å². The van der Waals surface area contributed by atoms with Crippen LogP contribution in [0.1, 0.15) is 23.7 Å². The number of nitriles is 1. The third kappa shape index (κ3) is 2.33. The summed E-state index contributed by atoms with van der Waals surface area (Å²) >= 11 is 12.5. The van der Waals surface area contributed by atoms with E-state index in [1.807, 2.05) is 13.8 Å². The SMILES string of the molecule is CCc1nc(N)c(C#N)c(-c2c(Cl)cccc2Cl)c1C. The fourth-order valence-corrected chi connectivity index (χ4v) is 2.84. The van der Waals surface area contributed by atoms with Crippen molar-refractivity contribution in [2.75, 3.05) is 5.73 Å². The van der Waals surface area contributed by atoms with Crippen molar-refractivity contribution < 1.29 is 0 Å². The van der Waals surface area contributed by atoms with Gasteiger partial charge in [0.15, 0.2) is 0 Å². The minimum absolute atomic E-state index is 0.209. The van der Waals surface area contributed by atoms with E-state index in [0.717, 1.165) is 17.7 Å². The largest absolute Gasteiger partial charge is 0.383 e. The third-order valence-corrected chi connectivity index (χ3v) is 3.86. The lowest BCUT2D eigenvalue weighted by Crippen LogP contribution is -2.05. The summed E-state index contributed by atoms with van der Waals surface area (Å²) in [7, 11) is 0. The van der Waals surface area contributed by atoms with Crippen LogP contribution < -0.4 is 5.73 Å². The summed E-state index contributed by atoms with van der Waals surface area (Å²) in [4.78, 5) is 4.28. The number of aromatic nitrogens is 1. The number of hydrogen-bond donors (Lipinski definition) is 1. The number of nitrogens with two attached hydrogens (primary N) is 1. The molecule has 2 rings (SSSR count). The van der Waals surface area contributed by atoms with Crippen LogP contribution in [0.4, 0.5) is 5.82 Å². The summed E-state index contributed by atoms with van der Waals surface area (Å²) in [5.41, 5.74) is 9.24. The van der Waals surface area contributed by atoms with Crippen LogP contribution in [0.3, 0.4) is 0 Å². The molecular formula is C15H13Cl2N3. The lowest BCUT2D eigenvalue weighted by atomic mass is 9.94. The molecule has 5 heteroatoms. The Hall–Kier alpha value is -1.76. The second-order valence-corrected chi connectivity index (χ2v) is 5.20. The van der Waals surface area contributed by atoms with Crippen molar-refractivity contribution in [2.24, 2.45) is 0 Å². The molecule has 1 heterocycles. The van der Waals surface area contributed by atoms with Gasteiger partial charge in [-0.15, -0.1) is 0 Å². The predicted octanol–water partition coefficient (Wildman–Crippen LogP) is 4.38. The van der Waals surface area contributed by atoms with E-state index < -0.39 is 0 Å². The summed E-state index contributed by atoms with van der Waals surface area (Å²) in [6.45, 7) is 3.89. The summed E-state index contributed by atoms with van der Waals surface area (Å²) in [6, 6.07) is 7.35. The van der Waals surface area contributed by atoms with Gasteiger partial charge in [0, 0.05) is 26.9 Å². The van der Waals surface area contributed by atoms with Gasteiger partial charge in [0.25, 0.3) is 0 Å². The molecule has 0 saturated carbocycles. The first kappa shape index (κ1) is 14.6. The molecule has 2 aromatic rings. The van der Waals surface area contributed by atoms with Gasteiger partial charge in [-0.3, -0.25) is 0 Å². The molecule has 102 valence electrons. The van der Waals surface area contributed by atoms with Gasteiger partial charge < -0.3 is 5.73 Å². The molecule has 0 aliphatic carbocycles. The van der Waals surface area contributed by atoms with Crippen LogP contribution in [0.15, 0.2) is 18.2 Å². The van der Waals surface area contributed by atoms with Gasteiger partial charge in [-0.25, -0.2) is 4.98 Å². The Bertz CT molecular complexity index is 697. The van der Waals surface area contributed by atoms with Crippen molar-refractivity contribution in [1.82, 2.24) is 4.98 Å². The number of nitrogens with zero attached hydrogens (tertiary/aromatic N) is 2. The van der Waals surface area contributed by atoms with Crippen LogP contribution in [0.5, 0.6) is 0 Å². The Balaban J connectivity index is 2.93. The summed E-state index contributed by atoms with van der Waals surface area (Å²) in [6.07, 6.45) is 0.719. The number of halogens is 2. The molecule has 0 fully saturated rings. The lowest BCUT2D eigenvalue weighted by Gasteiger charge is -2.16. The molecule has 0 spiro atoms. The highest BCUT2D eigenvalue weighted by Crippen LogP contribution is 2.40. The first-order chi connectivity index (χ1) is 9.51. The quantitative estimate of drug-likeness (QED) is 0.895. The molecule has 0 radical (unpaired) electrons. The van der Waals surface area contributed by atoms with Gasteiger partial charge in [-0.2, -0.15) is 5.26 Å². The Labute approximate surface area is 128 Å². The van der Waals surface area contributed by atoms with Gasteiger partial charge in [0.05, 0.1) is 0 Å². The molecule has 0 saturated heterocycles. The van der Waals surface area contributed by atoms with Gasteiger partial charge in [-0.1, -0.05) is 36.2 Å². The van der Waals surface area contributed by atoms with Gasteiger partial charge in [0.2, 0.25) is 0 Å². The molecule has 0 unspecified atom stereocenters. The molecule has 0 atom stereocenters. The van der Waals surface area contributed by atoms with Crippen molar-refractivity contribution in [3.63, 3.8) is 0 Å². The minimum Gasteiger partial charge on any atom is -0.383 e. The molecule has 1 aromatic carbocycles. The van der Waals surface area contributed by atoms with E-state index in [0.29, 0.717) is 26.7 Å². The predicted molar refractivity (Wildman–Crippen MR) is 82.9 cm³/mol. The lowest BCUT2D eigenvalue weighted by molar-refractivity contribution is 1.01. The average molecular weight is 306 g/mol. The van der Waals surface area contributed by atoms with Crippen LogP contribution >= 0.6 is 23.2 Å². The number of benzene rings is 1. The Kier molecular flexibility index (Phi) is 4.17. The van der Waals surface area contributed by atoms with E-state index in [9.17, 15) is 5.26 Å². The van der Waals surface area contributed by atoms with Crippen LogP contribution in [0.25, 0.3) is 11.1 Å². The number of nitrogen functional groups attached to an aromatic ring is 1. The summed E-state index contributed by atoms with van der Waals surface area (Å²) in [5, 5.41) is 10.4. The molecule has 3 nitrogen and oxygen atoms in total. The van der Waals surface area contributed by atoms with Crippen LogP contribution in [-0.4, -0.2) is 4.98 Å². The molecule has 2 N–H and O–H groups in total. The molecule has 20 heavy (non-hydrogen) atoms. The maximum atomic E-state index is 9.37. The minimum atomic E-state index is 0.209. The first-order valence-corrected chi connectivity index (χ1v) is 6.90. The smallest absolute Gasteiger partial charge is 0.142 e. The Morgan fingerprint density at radius 3 is 2.35 bits per heavy atom. The molecule has 1 aromatic heterocycles. The van der Waals surface area contributed by atoms with E-state index in [4.69, 9.17) is 28.9 Å². The van der Waals surface area contributed by atoms with Gasteiger partial charge in [0.1, 0.15) is 17.5 Å². The maximum Gasteiger partial charge on any atom is 0.142 e. The number of aryl methyl sites for hydroxylation is 1. The summed E-state index contributed by atoms with van der Waals surface area (Å²) < 4.78 is 0. The van der Waals surface area contributed by atoms with E-state index >= 15 is 0 Å². The van der Waals surface area contributed by atoms with E-state index in [1.165, 1.54) is 0 Å². The highest BCUT2D eigenvalue weighted by atomic mass is 35.5. The maximum absolute atomic E-state index is 9.37. The van der Waals surface area contributed by atoms with Crippen LogP contribution in [-0.2, 0) is 6.42 Å². The van der Waals surface area contributed by atoms with Crippen molar-refractivity contribution in [3.8, 4) is 17.2 Å². The zero-order chi connectivity index (χ0) is 14.9. The third-order valence-electron chi connectivity index (χ3n) is 3.23. The number of hydrogen-bond acceptors (Lipinski definition) is 3. The number of anilines is 1. The summed E-state index contributed by atoms with van der Waals surface area (Å²) in [5.74, 6) is 0.209. The number of pyridine rings is 1.